The van der Waals surface area contributed by atoms with Gasteiger partial charge in [-0.2, -0.15) is 0 Å². The Morgan fingerprint density at radius 3 is 2.88 bits per heavy atom. The summed E-state index contributed by atoms with van der Waals surface area (Å²) >= 11 is 5.85. The molecule has 0 aliphatic heterocycles. The van der Waals surface area contributed by atoms with Crippen molar-refractivity contribution in [3.8, 4) is 0 Å². The Bertz CT molecular complexity index is 536. The van der Waals surface area contributed by atoms with Crippen LogP contribution in [0.4, 0.5) is 4.39 Å². The van der Waals surface area contributed by atoms with Crippen molar-refractivity contribution in [3.63, 3.8) is 0 Å². The van der Waals surface area contributed by atoms with Crippen molar-refractivity contribution in [1.82, 2.24) is 4.98 Å². The summed E-state index contributed by atoms with van der Waals surface area (Å²) in [4.78, 5) is 4.16. The average molecular weight is 243 g/mol. The van der Waals surface area contributed by atoms with Crippen LogP contribution in [0, 0.1) is 5.82 Å². The van der Waals surface area contributed by atoms with E-state index in [4.69, 9.17) is 21.8 Å². The van der Waals surface area contributed by atoms with Crippen molar-refractivity contribution in [2.45, 2.75) is 25.8 Å². The minimum Gasteiger partial charge on any atom is -0.437 e. The number of hydrogen-bond donors (Lipinski definition) is 1. The predicted octanol–water partition coefficient (Wildman–Crippen LogP) is 3.20. The van der Waals surface area contributed by atoms with Gasteiger partial charge in [-0.25, -0.2) is 9.37 Å². The van der Waals surface area contributed by atoms with Crippen LogP contribution in [0.5, 0.6) is 0 Å². The lowest BCUT2D eigenvalue weighted by atomic mass is 10.0. The van der Waals surface area contributed by atoms with E-state index in [0.29, 0.717) is 23.4 Å². The number of oxazole rings is 1. The van der Waals surface area contributed by atoms with E-state index in [1.807, 2.05) is 13.8 Å². The molecule has 1 unspecified atom stereocenters. The maximum atomic E-state index is 13.1. The molecule has 5 heteroatoms. The Balaban J connectivity index is 2.65. The first-order valence-electron chi connectivity index (χ1n) is 4.99. The molecule has 0 bridgehead atoms. The molecular weight excluding hydrogens is 231 g/mol. The fourth-order valence-corrected chi connectivity index (χ4v) is 1.59. The van der Waals surface area contributed by atoms with Crippen LogP contribution in [0.1, 0.15) is 26.2 Å². The second-order valence-corrected chi connectivity index (χ2v) is 4.43. The highest BCUT2D eigenvalue weighted by molar-refractivity contribution is 6.34. The van der Waals surface area contributed by atoms with Gasteiger partial charge in [0.05, 0.1) is 10.6 Å². The highest BCUT2D eigenvalue weighted by atomic mass is 35.5. The molecule has 0 aliphatic rings. The van der Waals surface area contributed by atoms with Gasteiger partial charge in [0.2, 0.25) is 5.89 Å². The lowest BCUT2D eigenvalue weighted by Crippen LogP contribution is -2.32. The first kappa shape index (κ1) is 11.4. The van der Waals surface area contributed by atoms with Crippen molar-refractivity contribution < 1.29 is 8.81 Å². The smallest absolute Gasteiger partial charge is 0.215 e. The van der Waals surface area contributed by atoms with Crippen molar-refractivity contribution in [1.29, 1.82) is 0 Å². The number of hydrogen-bond acceptors (Lipinski definition) is 3. The average Bonchev–Trinajstić information content (AvgIpc) is 2.62. The minimum absolute atomic E-state index is 0.209. The first-order valence-corrected chi connectivity index (χ1v) is 5.37. The molecule has 0 aliphatic carbocycles. The Labute approximate surface area is 97.4 Å². The fraction of sp³-hybridized carbons (Fsp3) is 0.364. The molecule has 1 atom stereocenters. The molecule has 1 aromatic carbocycles. The number of rotatable bonds is 2. The second kappa shape index (κ2) is 3.71. The number of nitrogens with zero attached hydrogens (tertiary/aromatic N) is 1. The molecule has 1 aromatic heterocycles. The highest BCUT2D eigenvalue weighted by Gasteiger charge is 2.26. The fourth-order valence-electron chi connectivity index (χ4n) is 1.36. The third kappa shape index (κ3) is 1.79. The Hall–Kier alpha value is -1.13. The van der Waals surface area contributed by atoms with E-state index in [9.17, 15) is 4.39 Å². The summed E-state index contributed by atoms with van der Waals surface area (Å²) < 4.78 is 18.6. The first-order chi connectivity index (χ1) is 7.44. The van der Waals surface area contributed by atoms with Gasteiger partial charge in [0.1, 0.15) is 11.3 Å². The van der Waals surface area contributed by atoms with Crippen LogP contribution in [-0.4, -0.2) is 4.98 Å². The molecule has 0 saturated carbocycles. The molecule has 3 nitrogen and oxygen atoms in total. The maximum Gasteiger partial charge on any atom is 0.215 e. The van der Waals surface area contributed by atoms with Crippen LogP contribution in [0.2, 0.25) is 5.02 Å². The van der Waals surface area contributed by atoms with E-state index < -0.39 is 11.4 Å². The summed E-state index contributed by atoms with van der Waals surface area (Å²) in [6.45, 7) is 3.74. The topological polar surface area (TPSA) is 52.0 Å². The number of aromatic nitrogens is 1. The number of nitrogens with two attached hydrogens (primary N) is 1. The van der Waals surface area contributed by atoms with E-state index in [-0.39, 0.29) is 5.02 Å². The van der Waals surface area contributed by atoms with Gasteiger partial charge in [0.25, 0.3) is 0 Å². The molecule has 0 radical (unpaired) electrons. The van der Waals surface area contributed by atoms with Crippen molar-refractivity contribution in [2.75, 3.05) is 0 Å². The lowest BCUT2D eigenvalue weighted by Gasteiger charge is -2.17. The Morgan fingerprint density at radius 2 is 2.25 bits per heavy atom. The maximum absolute atomic E-state index is 13.1. The summed E-state index contributed by atoms with van der Waals surface area (Å²) in [5, 5.41) is 0.209. The van der Waals surface area contributed by atoms with E-state index in [1.165, 1.54) is 12.1 Å². The van der Waals surface area contributed by atoms with Crippen molar-refractivity contribution in [2.24, 2.45) is 5.73 Å². The molecule has 16 heavy (non-hydrogen) atoms. The largest absolute Gasteiger partial charge is 0.437 e. The van der Waals surface area contributed by atoms with Gasteiger partial charge < -0.3 is 10.2 Å². The van der Waals surface area contributed by atoms with Gasteiger partial charge in [-0.15, -0.1) is 0 Å². The number of fused-ring (bicyclic) bond motifs is 1. The monoisotopic (exact) mass is 242 g/mol. The van der Waals surface area contributed by atoms with Gasteiger partial charge in [0.15, 0.2) is 5.58 Å². The molecule has 2 rings (SSSR count). The van der Waals surface area contributed by atoms with E-state index in [1.54, 1.807) is 0 Å². The third-order valence-electron chi connectivity index (χ3n) is 2.63. The second-order valence-electron chi connectivity index (χ2n) is 4.03. The molecular formula is C11H12ClFN2O. The van der Waals surface area contributed by atoms with E-state index >= 15 is 0 Å². The number of halogens is 2. The van der Waals surface area contributed by atoms with Crippen LogP contribution in [0.15, 0.2) is 16.5 Å². The van der Waals surface area contributed by atoms with Gasteiger partial charge in [0, 0.05) is 6.07 Å². The third-order valence-corrected chi connectivity index (χ3v) is 2.91. The molecule has 0 amide bonds. The summed E-state index contributed by atoms with van der Waals surface area (Å²) in [6.07, 6.45) is 0.667. The Morgan fingerprint density at radius 1 is 1.56 bits per heavy atom. The van der Waals surface area contributed by atoms with Crippen LogP contribution >= 0.6 is 11.6 Å². The van der Waals surface area contributed by atoms with Gasteiger partial charge >= 0.3 is 0 Å². The highest BCUT2D eigenvalue weighted by Crippen LogP contribution is 2.30. The van der Waals surface area contributed by atoms with Gasteiger partial charge in [-0.3, -0.25) is 0 Å². The minimum atomic E-state index is -0.668. The van der Waals surface area contributed by atoms with Crippen LogP contribution in [-0.2, 0) is 5.54 Å². The van der Waals surface area contributed by atoms with E-state index in [2.05, 4.69) is 4.98 Å². The van der Waals surface area contributed by atoms with Gasteiger partial charge in [-0.05, 0) is 19.4 Å². The van der Waals surface area contributed by atoms with Crippen molar-refractivity contribution in [3.05, 3.63) is 28.9 Å². The summed E-state index contributed by atoms with van der Waals surface area (Å²) in [5.41, 5.74) is 6.10. The zero-order valence-electron chi connectivity index (χ0n) is 9.05. The molecule has 0 fully saturated rings. The van der Waals surface area contributed by atoms with Crippen LogP contribution in [0.25, 0.3) is 11.1 Å². The van der Waals surface area contributed by atoms with Crippen LogP contribution in [0.3, 0.4) is 0 Å². The summed E-state index contributed by atoms with van der Waals surface area (Å²) in [5.74, 6) is -0.0647. The number of benzene rings is 1. The molecule has 0 spiro atoms. The van der Waals surface area contributed by atoms with Crippen LogP contribution < -0.4 is 5.73 Å². The zero-order chi connectivity index (χ0) is 11.9. The standard InChI is InChI=1S/C11H12ClFN2O/c1-3-11(2,14)10-15-8-5-6(13)4-7(12)9(8)16-10/h4-5H,3,14H2,1-2H3. The Kier molecular flexibility index (Phi) is 2.64. The van der Waals surface area contributed by atoms with Crippen molar-refractivity contribution >= 4 is 22.7 Å². The summed E-state index contributed by atoms with van der Waals surface area (Å²) in [7, 11) is 0. The molecule has 2 aromatic rings. The SMILES string of the molecule is CCC(C)(N)c1nc2cc(F)cc(Cl)c2o1. The van der Waals surface area contributed by atoms with Gasteiger partial charge in [-0.1, -0.05) is 18.5 Å². The summed E-state index contributed by atoms with van der Waals surface area (Å²) in [6, 6.07) is 2.47. The molecule has 0 saturated heterocycles. The van der Waals surface area contributed by atoms with E-state index in [0.717, 1.165) is 0 Å². The quantitative estimate of drug-likeness (QED) is 0.880. The molecule has 86 valence electrons. The lowest BCUT2D eigenvalue weighted by molar-refractivity contribution is 0.356. The normalized spacial score (nSPS) is 15.3. The zero-order valence-corrected chi connectivity index (χ0v) is 9.81. The molecule has 1 heterocycles. The predicted molar refractivity (Wildman–Crippen MR) is 60.8 cm³/mol. The molecule has 2 N–H and O–H groups in total.